The van der Waals surface area contributed by atoms with E-state index in [9.17, 15) is 0 Å². The van der Waals surface area contributed by atoms with E-state index in [1.807, 2.05) is 18.2 Å². The smallest absolute Gasteiger partial charge is 0.221 e. The van der Waals surface area contributed by atoms with E-state index < -0.39 is 0 Å². The first-order valence-electron chi connectivity index (χ1n) is 8.42. The van der Waals surface area contributed by atoms with Gasteiger partial charge in [0.15, 0.2) is 0 Å². The van der Waals surface area contributed by atoms with Gasteiger partial charge in [0.05, 0.1) is 11.7 Å². The van der Waals surface area contributed by atoms with Crippen LogP contribution in [0.25, 0.3) is 22.0 Å². The molecule has 4 aromatic rings. The quantitative estimate of drug-likeness (QED) is 0.516. The van der Waals surface area contributed by atoms with Crippen LogP contribution >= 0.6 is 0 Å². The number of H-pyrrole nitrogens is 1. The third kappa shape index (κ3) is 2.86. The SMILES string of the molecule is Cc1cc(C)c(Nc2nc(N)ncc2-c2ccc3cn[nH]c3c2)c(C)c1. The highest BCUT2D eigenvalue weighted by atomic mass is 15.1. The van der Waals surface area contributed by atoms with Crippen molar-refractivity contribution in [1.29, 1.82) is 0 Å². The van der Waals surface area contributed by atoms with Crippen LogP contribution in [0.3, 0.4) is 0 Å². The van der Waals surface area contributed by atoms with Crippen LogP contribution in [0, 0.1) is 20.8 Å². The number of nitrogens with one attached hydrogen (secondary N) is 2. The second-order valence-electron chi connectivity index (χ2n) is 6.56. The van der Waals surface area contributed by atoms with Crippen molar-refractivity contribution in [2.24, 2.45) is 0 Å². The van der Waals surface area contributed by atoms with Gasteiger partial charge in [-0.05, 0) is 43.5 Å². The van der Waals surface area contributed by atoms with Gasteiger partial charge < -0.3 is 11.1 Å². The summed E-state index contributed by atoms with van der Waals surface area (Å²) in [5.41, 5.74) is 13.3. The number of nitrogens with zero attached hydrogens (tertiary/aromatic N) is 3. The predicted octanol–water partition coefficient (Wildman–Crippen LogP) is 4.27. The van der Waals surface area contributed by atoms with Gasteiger partial charge in [0.2, 0.25) is 5.95 Å². The molecule has 6 nitrogen and oxygen atoms in total. The van der Waals surface area contributed by atoms with E-state index in [4.69, 9.17) is 5.73 Å². The third-order valence-corrected chi connectivity index (χ3v) is 4.48. The minimum absolute atomic E-state index is 0.237. The second-order valence-corrected chi connectivity index (χ2v) is 6.56. The minimum atomic E-state index is 0.237. The first kappa shape index (κ1) is 16.1. The van der Waals surface area contributed by atoms with Gasteiger partial charge in [0, 0.05) is 22.8 Å². The van der Waals surface area contributed by atoms with Crippen LogP contribution < -0.4 is 11.1 Å². The van der Waals surface area contributed by atoms with Crippen LogP contribution in [-0.4, -0.2) is 20.2 Å². The Morgan fingerprint density at radius 3 is 2.54 bits per heavy atom. The highest BCUT2D eigenvalue weighted by Crippen LogP contribution is 2.32. The zero-order chi connectivity index (χ0) is 18.3. The first-order chi connectivity index (χ1) is 12.5. The van der Waals surface area contributed by atoms with E-state index in [0.29, 0.717) is 5.82 Å². The Bertz CT molecular complexity index is 1090. The van der Waals surface area contributed by atoms with E-state index >= 15 is 0 Å². The monoisotopic (exact) mass is 344 g/mol. The molecule has 0 atom stereocenters. The van der Waals surface area contributed by atoms with Gasteiger partial charge in [-0.3, -0.25) is 5.10 Å². The van der Waals surface area contributed by atoms with Crippen LogP contribution in [-0.2, 0) is 0 Å². The van der Waals surface area contributed by atoms with E-state index in [-0.39, 0.29) is 5.95 Å². The maximum atomic E-state index is 5.86. The topological polar surface area (TPSA) is 92.5 Å². The molecule has 2 aromatic carbocycles. The molecule has 0 aliphatic rings. The molecule has 0 spiro atoms. The molecule has 0 saturated heterocycles. The summed E-state index contributed by atoms with van der Waals surface area (Å²) in [5, 5.41) is 11.6. The molecule has 130 valence electrons. The van der Waals surface area contributed by atoms with Crippen molar-refractivity contribution in [3.8, 4) is 11.1 Å². The summed E-state index contributed by atoms with van der Waals surface area (Å²) in [7, 11) is 0. The standard InChI is InChI=1S/C20H20N6/c1-11-6-12(2)18(13(3)7-11)24-19-16(10-22-20(21)25-19)14-4-5-15-9-23-26-17(15)8-14/h4-10H,1-3H3,(H,23,26)(H3,21,22,24,25). The van der Waals surface area contributed by atoms with Crippen molar-refractivity contribution >= 4 is 28.4 Å². The summed E-state index contributed by atoms with van der Waals surface area (Å²) in [6.45, 7) is 6.27. The molecule has 4 N–H and O–H groups in total. The average Bonchev–Trinajstić information content (AvgIpc) is 3.06. The summed E-state index contributed by atoms with van der Waals surface area (Å²) in [5.74, 6) is 0.924. The van der Waals surface area contributed by atoms with Crippen molar-refractivity contribution in [3.05, 3.63) is 59.4 Å². The molecular formula is C20H20N6. The largest absolute Gasteiger partial charge is 0.368 e. The lowest BCUT2D eigenvalue weighted by atomic mass is 10.0. The summed E-state index contributed by atoms with van der Waals surface area (Å²) >= 11 is 0. The second kappa shape index (κ2) is 6.15. The fourth-order valence-corrected chi connectivity index (χ4v) is 3.30. The number of benzene rings is 2. The first-order valence-corrected chi connectivity index (χ1v) is 8.42. The molecule has 0 radical (unpaired) electrons. The molecule has 0 amide bonds. The maximum absolute atomic E-state index is 5.86. The summed E-state index contributed by atoms with van der Waals surface area (Å²) in [6.07, 6.45) is 3.55. The Kier molecular flexibility index (Phi) is 3.80. The summed E-state index contributed by atoms with van der Waals surface area (Å²) in [6, 6.07) is 10.4. The number of aromatic nitrogens is 4. The molecule has 0 bridgehead atoms. The average molecular weight is 344 g/mol. The van der Waals surface area contributed by atoms with Gasteiger partial charge in [0.25, 0.3) is 0 Å². The molecule has 2 aromatic heterocycles. The Morgan fingerprint density at radius 2 is 1.77 bits per heavy atom. The highest BCUT2D eigenvalue weighted by molar-refractivity contribution is 5.87. The van der Waals surface area contributed by atoms with Gasteiger partial charge in [0.1, 0.15) is 5.82 Å². The number of fused-ring (bicyclic) bond motifs is 1. The van der Waals surface area contributed by atoms with Gasteiger partial charge in [-0.2, -0.15) is 10.1 Å². The zero-order valence-corrected chi connectivity index (χ0v) is 15.0. The molecule has 26 heavy (non-hydrogen) atoms. The third-order valence-electron chi connectivity index (χ3n) is 4.48. The molecule has 0 fully saturated rings. The summed E-state index contributed by atoms with van der Waals surface area (Å²) in [4.78, 5) is 8.63. The Labute approximate surface area is 151 Å². The van der Waals surface area contributed by atoms with Crippen LogP contribution in [0.1, 0.15) is 16.7 Å². The van der Waals surface area contributed by atoms with Crippen molar-refractivity contribution in [2.75, 3.05) is 11.1 Å². The van der Waals surface area contributed by atoms with Crippen molar-refractivity contribution in [2.45, 2.75) is 20.8 Å². The van der Waals surface area contributed by atoms with Crippen molar-refractivity contribution < 1.29 is 0 Å². The molecule has 4 rings (SSSR count). The number of nitrogen functional groups attached to an aromatic ring is 1. The van der Waals surface area contributed by atoms with Crippen LogP contribution in [0.2, 0.25) is 0 Å². The Morgan fingerprint density at radius 1 is 1.00 bits per heavy atom. The fourth-order valence-electron chi connectivity index (χ4n) is 3.30. The van der Waals surface area contributed by atoms with Gasteiger partial charge >= 0.3 is 0 Å². The molecule has 0 aliphatic carbocycles. The van der Waals surface area contributed by atoms with Gasteiger partial charge in [-0.15, -0.1) is 0 Å². The Balaban J connectivity index is 1.83. The molecule has 0 saturated carbocycles. The fraction of sp³-hybridized carbons (Fsp3) is 0.150. The van der Waals surface area contributed by atoms with E-state index in [1.54, 1.807) is 12.4 Å². The summed E-state index contributed by atoms with van der Waals surface area (Å²) < 4.78 is 0. The normalized spacial score (nSPS) is 11.0. The van der Waals surface area contributed by atoms with E-state index in [1.165, 1.54) is 5.56 Å². The van der Waals surface area contributed by atoms with Crippen LogP contribution in [0.4, 0.5) is 17.5 Å². The highest BCUT2D eigenvalue weighted by Gasteiger charge is 2.13. The lowest BCUT2D eigenvalue weighted by Crippen LogP contribution is -2.04. The van der Waals surface area contributed by atoms with Crippen molar-refractivity contribution in [1.82, 2.24) is 20.2 Å². The molecular weight excluding hydrogens is 324 g/mol. The number of hydrogen-bond acceptors (Lipinski definition) is 5. The molecule has 0 aliphatic heterocycles. The maximum Gasteiger partial charge on any atom is 0.221 e. The van der Waals surface area contributed by atoms with Crippen molar-refractivity contribution in [3.63, 3.8) is 0 Å². The number of rotatable bonds is 3. The van der Waals surface area contributed by atoms with E-state index in [2.05, 4.69) is 58.4 Å². The lowest BCUT2D eigenvalue weighted by Gasteiger charge is -2.16. The molecule has 0 unspecified atom stereocenters. The van der Waals surface area contributed by atoms with Gasteiger partial charge in [-0.25, -0.2) is 4.98 Å². The van der Waals surface area contributed by atoms with Crippen LogP contribution in [0.5, 0.6) is 0 Å². The van der Waals surface area contributed by atoms with E-state index in [0.717, 1.165) is 38.8 Å². The zero-order valence-electron chi connectivity index (χ0n) is 15.0. The van der Waals surface area contributed by atoms with Gasteiger partial charge in [-0.1, -0.05) is 29.8 Å². The molecule has 6 heteroatoms. The number of hydrogen-bond donors (Lipinski definition) is 3. The minimum Gasteiger partial charge on any atom is -0.368 e. The number of nitrogens with two attached hydrogens (primary N) is 1. The number of aryl methyl sites for hydroxylation is 3. The number of anilines is 3. The Hall–Kier alpha value is -3.41. The number of aromatic amines is 1. The molecule has 2 heterocycles. The van der Waals surface area contributed by atoms with Crippen LogP contribution in [0.15, 0.2) is 42.7 Å². The lowest BCUT2D eigenvalue weighted by molar-refractivity contribution is 1.12. The predicted molar refractivity (Wildman–Crippen MR) is 105 cm³/mol.